The van der Waals surface area contributed by atoms with Crippen LogP contribution in [-0.4, -0.2) is 24.2 Å². The molecule has 0 saturated carbocycles. The van der Waals surface area contributed by atoms with Crippen LogP contribution >= 0.6 is 15.9 Å². The van der Waals surface area contributed by atoms with E-state index in [4.69, 9.17) is 15.1 Å². The molecule has 0 heterocycles. The first-order valence-corrected chi connectivity index (χ1v) is 5.62. The van der Waals surface area contributed by atoms with Crippen LogP contribution in [0, 0.1) is 11.3 Å². The lowest BCUT2D eigenvalue weighted by molar-refractivity contribution is -0.122. The molecular weight excluding hydrogens is 288 g/mol. The highest BCUT2D eigenvalue weighted by Crippen LogP contribution is 2.22. The van der Waals surface area contributed by atoms with Crippen LogP contribution in [0.15, 0.2) is 22.7 Å². The monoisotopic (exact) mass is 298 g/mol. The van der Waals surface area contributed by atoms with Crippen molar-refractivity contribution in [3.63, 3.8) is 0 Å². The summed E-state index contributed by atoms with van der Waals surface area (Å²) in [7, 11) is 0. The van der Waals surface area contributed by atoms with Gasteiger partial charge in [-0.2, -0.15) is 5.26 Å². The van der Waals surface area contributed by atoms with E-state index in [-0.39, 0.29) is 25.7 Å². The summed E-state index contributed by atoms with van der Waals surface area (Å²) in [5.41, 5.74) is 0.680. The molecule has 0 fully saturated rings. The fourth-order valence-corrected chi connectivity index (χ4v) is 1.47. The van der Waals surface area contributed by atoms with Crippen molar-refractivity contribution in [1.29, 1.82) is 5.26 Å². The third kappa shape index (κ3) is 4.43. The number of carbonyl (C=O) groups is 1. The number of hydrogen-bond donors (Lipinski definition) is 2. The Morgan fingerprint density at radius 3 is 3.00 bits per heavy atom. The van der Waals surface area contributed by atoms with Crippen LogP contribution in [0.3, 0.4) is 0 Å². The lowest BCUT2D eigenvalue weighted by Crippen LogP contribution is -2.29. The number of aliphatic hydroxyl groups is 1. The zero-order valence-electron chi connectivity index (χ0n) is 8.94. The lowest BCUT2D eigenvalue weighted by atomic mass is 10.2. The van der Waals surface area contributed by atoms with Crippen molar-refractivity contribution in [2.45, 2.75) is 6.61 Å². The van der Waals surface area contributed by atoms with Crippen molar-refractivity contribution in [1.82, 2.24) is 5.32 Å². The molecule has 0 unspecified atom stereocenters. The quantitative estimate of drug-likeness (QED) is 0.793. The Morgan fingerprint density at radius 2 is 2.35 bits per heavy atom. The van der Waals surface area contributed by atoms with Gasteiger partial charge < -0.3 is 15.2 Å². The predicted octanol–water partition coefficient (Wildman–Crippen LogP) is 0.960. The van der Waals surface area contributed by atoms with E-state index in [1.165, 1.54) is 0 Å². The van der Waals surface area contributed by atoms with Gasteiger partial charge in [0.1, 0.15) is 12.3 Å². The van der Waals surface area contributed by atoms with Gasteiger partial charge in [0.15, 0.2) is 6.61 Å². The minimum atomic E-state index is -0.361. The fraction of sp³-hybridized carbons (Fsp3) is 0.273. The largest absolute Gasteiger partial charge is 0.484 e. The molecule has 0 radical (unpaired) electrons. The van der Waals surface area contributed by atoms with Gasteiger partial charge in [-0.15, -0.1) is 0 Å². The Labute approximate surface area is 107 Å². The van der Waals surface area contributed by atoms with Crippen LogP contribution in [0.2, 0.25) is 0 Å². The van der Waals surface area contributed by atoms with Gasteiger partial charge in [0.05, 0.1) is 12.7 Å². The Balaban J connectivity index is 2.52. The van der Waals surface area contributed by atoms with Crippen molar-refractivity contribution in [3.05, 3.63) is 28.2 Å². The highest BCUT2D eigenvalue weighted by Gasteiger charge is 2.04. The van der Waals surface area contributed by atoms with E-state index in [1.54, 1.807) is 24.3 Å². The predicted molar refractivity (Wildman–Crippen MR) is 64.2 cm³/mol. The average molecular weight is 299 g/mol. The highest BCUT2D eigenvalue weighted by molar-refractivity contribution is 9.10. The highest BCUT2D eigenvalue weighted by atomic mass is 79.9. The standard InChI is InChI=1S/C11H11BrN2O3/c12-10-2-1-9(5-8(10)6-15)17-7-11(16)14-4-3-13/h1-2,5,15H,4,6-7H2,(H,14,16). The van der Waals surface area contributed by atoms with E-state index in [9.17, 15) is 4.79 Å². The maximum Gasteiger partial charge on any atom is 0.258 e. The van der Waals surface area contributed by atoms with E-state index < -0.39 is 0 Å². The molecule has 0 aliphatic carbocycles. The number of nitrogens with one attached hydrogen (secondary N) is 1. The smallest absolute Gasteiger partial charge is 0.258 e. The first-order chi connectivity index (χ1) is 8.17. The number of hydrogen-bond acceptors (Lipinski definition) is 4. The molecule has 0 aliphatic heterocycles. The number of nitrogens with zero attached hydrogens (tertiary/aromatic N) is 1. The van der Waals surface area contributed by atoms with Crippen LogP contribution in [-0.2, 0) is 11.4 Å². The van der Waals surface area contributed by atoms with Gasteiger partial charge in [-0.3, -0.25) is 4.79 Å². The maximum absolute atomic E-state index is 11.2. The second-order valence-corrected chi connectivity index (χ2v) is 3.99. The van der Waals surface area contributed by atoms with Gasteiger partial charge in [-0.1, -0.05) is 15.9 Å². The van der Waals surface area contributed by atoms with Gasteiger partial charge in [-0.25, -0.2) is 0 Å². The van der Waals surface area contributed by atoms with Crippen molar-refractivity contribution in [2.24, 2.45) is 0 Å². The summed E-state index contributed by atoms with van der Waals surface area (Å²) in [6.07, 6.45) is 0. The summed E-state index contributed by atoms with van der Waals surface area (Å²) in [6.45, 7) is -0.309. The molecule has 1 rings (SSSR count). The summed E-state index contributed by atoms with van der Waals surface area (Å²) in [5, 5.41) is 19.7. The molecule has 17 heavy (non-hydrogen) atoms. The number of halogens is 1. The molecule has 0 aliphatic rings. The maximum atomic E-state index is 11.2. The van der Waals surface area contributed by atoms with E-state index in [2.05, 4.69) is 21.2 Å². The van der Waals surface area contributed by atoms with Crippen LogP contribution < -0.4 is 10.1 Å². The zero-order valence-corrected chi connectivity index (χ0v) is 10.5. The van der Waals surface area contributed by atoms with Gasteiger partial charge >= 0.3 is 0 Å². The average Bonchev–Trinajstić information content (AvgIpc) is 2.35. The second kappa shape index (κ2) is 6.89. The van der Waals surface area contributed by atoms with Gasteiger partial charge in [-0.05, 0) is 23.8 Å². The van der Waals surface area contributed by atoms with Crippen LogP contribution in [0.25, 0.3) is 0 Å². The summed E-state index contributed by atoms with van der Waals surface area (Å²) in [6, 6.07) is 6.85. The zero-order chi connectivity index (χ0) is 12.7. The minimum Gasteiger partial charge on any atom is -0.484 e. The molecule has 6 heteroatoms. The summed E-state index contributed by atoms with van der Waals surface area (Å²) < 4.78 is 5.99. The third-order valence-electron chi connectivity index (χ3n) is 1.92. The first kappa shape index (κ1) is 13.5. The van der Waals surface area contributed by atoms with E-state index in [1.807, 2.05) is 0 Å². The van der Waals surface area contributed by atoms with Crippen molar-refractivity contribution in [3.8, 4) is 11.8 Å². The normalized spacial score (nSPS) is 9.47. The van der Waals surface area contributed by atoms with Gasteiger partial charge in [0.2, 0.25) is 0 Å². The second-order valence-electron chi connectivity index (χ2n) is 3.13. The molecule has 0 aromatic heterocycles. The summed E-state index contributed by atoms with van der Waals surface area (Å²) >= 11 is 3.27. The van der Waals surface area contributed by atoms with Crippen LogP contribution in [0.5, 0.6) is 5.75 Å². The Morgan fingerprint density at radius 1 is 1.59 bits per heavy atom. The number of ether oxygens (including phenoxy) is 1. The molecule has 0 spiro atoms. The van der Waals surface area contributed by atoms with E-state index in [0.29, 0.717) is 11.3 Å². The summed E-state index contributed by atoms with van der Waals surface area (Å²) in [5.74, 6) is 0.129. The molecule has 1 amide bonds. The number of aliphatic hydroxyl groups excluding tert-OH is 1. The number of benzene rings is 1. The molecule has 1 aromatic rings. The van der Waals surface area contributed by atoms with E-state index in [0.717, 1.165) is 4.47 Å². The van der Waals surface area contributed by atoms with Crippen molar-refractivity contribution < 1.29 is 14.6 Å². The number of nitriles is 1. The Bertz CT molecular complexity index is 443. The van der Waals surface area contributed by atoms with E-state index >= 15 is 0 Å². The minimum absolute atomic E-state index is 0.0373. The van der Waals surface area contributed by atoms with Crippen LogP contribution in [0.4, 0.5) is 0 Å². The molecule has 0 bridgehead atoms. The molecule has 90 valence electrons. The lowest BCUT2D eigenvalue weighted by Gasteiger charge is -2.08. The number of rotatable bonds is 5. The third-order valence-corrected chi connectivity index (χ3v) is 2.70. The summed E-state index contributed by atoms with van der Waals surface area (Å²) in [4.78, 5) is 11.2. The van der Waals surface area contributed by atoms with Crippen molar-refractivity contribution in [2.75, 3.05) is 13.2 Å². The van der Waals surface area contributed by atoms with Crippen molar-refractivity contribution >= 4 is 21.8 Å². The topological polar surface area (TPSA) is 82.4 Å². The molecule has 0 atom stereocenters. The van der Waals surface area contributed by atoms with Crippen LogP contribution in [0.1, 0.15) is 5.56 Å². The number of amides is 1. The molecule has 2 N–H and O–H groups in total. The molecule has 5 nitrogen and oxygen atoms in total. The van der Waals surface area contributed by atoms with Gasteiger partial charge in [0.25, 0.3) is 5.91 Å². The Kier molecular flexibility index (Phi) is 5.46. The first-order valence-electron chi connectivity index (χ1n) is 4.83. The molecule has 0 saturated heterocycles. The van der Waals surface area contributed by atoms with Gasteiger partial charge in [0, 0.05) is 4.47 Å². The Hall–Kier alpha value is -1.58. The SMILES string of the molecule is N#CCNC(=O)COc1ccc(Br)c(CO)c1. The number of carbonyl (C=O) groups excluding carboxylic acids is 1. The molecule has 1 aromatic carbocycles. The molecular formula is C11H11BrN2O3. The fourth-order valence-electron chi connectivity index (χ4n) is 1.10.